The van der Waals surface area contributed by atoms with Gasteiger partial charge in [-0.15, -0.1) is 0 Å². The molecule has 1 aliphatic heterocycles. The first-order valence-electron chi connectivity index (χ1n) is 11.3. The Labute approximate surface area is 196 Å². The van der Waals surface area contributed by atoms with Crippen molar-refractivity contribution < 1.29 is 9.90 Å². The maximum atomic E-state index is 12.5. The molecule has 34 heavy (non-hydrogen) atoms. The van der Waals surface area contributed by atoms with Gasteiger partial charge in [0.1, 0.15) is 11.4 Å². The summed E-state index contributed by atoms with van der Waals surface area (Å²) in [7, 11) is 0. The van der Waals surface area contributed by atoms with E-state index in [0.29, 0.717) is 25.3 Å². The highest BCUT2D eigenvalue weighted by Gasteiger charge is 2.28. The van der Waals surface area contributed by atoms with Crippen LogP contribution in [0.4, 0.5) is 0 Å². The number of aromatic hydroxyl groups is 1. The second kappa shape index (κ2) is 8.65. The molecule has 0 bridgehead atoms. The van der Waals surface area contributed by atoms with Crippen LogP contribution in [0.15, 0.2) is 36.4 Å². The summed E-state index contributed by atoms with van der Waals surface area (Å²) in [6.45, 7) is 2.97. The number of aromatic nitrogens is 4. The molecule has 0 spiro atoms. The van der Waals surface area contributed by atoms with Crippen LogP contribution in [0.3, 0.4) is 0 Å². The molecule has 172 valence electrons. The molecule has 2 aromatic heterocycles. The van der Waals surface area contributed by atoms with Crippen LogP contribution in [0, 0.1) is 11.3 Å². The van der Waals surface area contributed by atoms with Gasteiger partial charge in [-0.2, -0.15) is 10.4 Å². The van der Waals surface area contributed by atoms with Crippen molar-refractivity contribution in [3.63, 3.8) is 0 Å². The number of hydrogen-bond donors (Lipinski definition) is 4. The highest BCUT2D eigenvalue weighted by Crippen LogP contribution is 2.33. The molecule has 0 saturated heterocycles. The van der Waals surface area contributed by atoms with Crippen LogP contribution in [-0.2, 0) is 24.2 Å². The molecule has 0 radical (unpaired) electrons. The summed E-state index contributed by atoms with van der Waals surface area (Å²) in [4.78, 5) is 22.3. The van der Waals surface area contributed by atoms with Gasteiger partial charge >= 0.3 is 0 Å². The Morgan fingerprint density at radius 1 is 1.32 bits per heavy atom. The lowest BCUT2D eigenvalue weighted by atomic mass is 9.97. The molecule has 3 heterocycles. The number of fused-ring (bicyclic) bond motifs is 2. The highest BCUT2D eigenvalue weighted by atomic mass is 16.3. The average molecular weight is 456 g/mol. The molecule has 2 aromatic carbocycles. The lowest BCUT2D eigenvalue weighted by Gasteiger charge is -2.28. The number of H-pyrrole nitrogens is 2. The molecular weight excluding hydrogens is 430 g/mol. The lowest BCUT2D eigenvalue weighted by molar-refractivity contribution is -0.133. The van der Waals surface area contributed by atoms with E-state index in [0.717, 1.165) is 51.1 Å². The third-order valence-electron chi connectivity index (χ3n) is 6.34. The summed E-state index contributed by atoms with van der Waals surface area (Å²) < 4.78 is 0. The van der Waals surface area contributed by atoms with E-state index >= 15 is 0 Å². The van der Waals surface area contributed by atoms with Crippen molar-refractivity contribution in [3.05, 3.63) is 53.3 Å². The number of nitrogens with two attached hydrogens (primary N) is 1. The SMILES string of the molecule is CCc1cc(O)ccc1-c1ccc2c(-c3nc4c([nH]3)CN(C(=O)[C@@H](N)CC#N)CC4)n[nH]c2c1. The Bertz CT molecular complexity index is 1430. The van der Waals surface area contributed by atoms with E-state index in [4.69, 9.17) is 16.0 Å². The van der Waals surface area contributed by atoms with Gasteiger partial charge in [-0.3, -0.25) is 9.89 Å². The second-order valence-corrected chi connectivity index (χ2v) is 8.52. The molecular formula is C25H25N7O2. The van der Waals surface area contributed by atoms with Gasteiger partial charge in [0.05, 0.1) is 42.0 Å². The summed E-state index contributed by atoms with van der Waals surface area (Å²) in [6, 6.07) is 12.7. The van der Waals surface area contributed by atoms with Gasteiger partial charge in [0.25, 0.3) is 0 Å². The molecule has 4 aromatic rings. The van der Waals surface area contributed by atoms with Gasteiger partial charge in [-0.1, -0.05) is 19.1 Å². The van der Waals surface area contributed by atoms with E-state index in [-0.39, 0.29) is 18.1 Å². The van der Waals surface area contributed by atoms with Crippen LogP contribution in [0.2, 0.25) is 0 Å². The van der Waals surface area contributed by atoms with Crippen molar-refractivity contribution in [2.75, 3.05) is 6.54 Å². The monoisotopic (exact) mass is 455 g/mol. The van der Waals surface area contributed by atoms with Crippen molar-refractivity contribution >= 4 is 16.8 Å². The van der Waals surface area contributed by atoms with Gasteiger partial charge in [-0.25, -0.2) is 4.98 Å². The molecule has 0 fully saturated rings. The first kappa shape index (κ1) is 21.7. The number of nitrogens with zero attached hydrogens (tertiary/aromatic N) is 4. The third kappa shape index (κ3) is 3.78. The first-order valence-corrected chi connectivity index (χ1v) is 11.3. The lowest BCUT2D eigenvalue weighted by Crippen LogP contribution is -2.45. The number of amides is 1. The number of aryl methyl sites for hydroxylation is 1. The van der Waals surface area contributed by atoms with Crippen molar-refractivity contribution in [3.8, 4) is 34.5 Å². The van der Waals surface area contributed by atoms with E-state index in [1.165, 1.54) is 0 Å². The van der Waals surface area contributed by atoms with Gasteiger partial charge in [0, 0.05) is 18.4 Å². The van der Waals surface area contributed by atoms with E-state index in [2.05, 4.69) is 28.2 Å². The summed E-state index contributed by atoms with van der Waals surface area (Å²) in [6.07, 6.45) is 1.43. The minimum Gasteiger partial charge on any atom is -0.508 e. The standard InChI is InChI=1S/C25H25N7O2/c1-2-14-11-16(33)4-6-17(14)15-3-5-18-21(12-15)30-31-23(18)24-28-20-8-10-32(13-22(20)29-24)25(34)19(27)7-9-26/h3-6,11-12,19,33H,2,7-8,10,13,27H2,1H3,(H,28,29)(H,30,31)/t19-/m0/s1. The minimum absolute atomic E-state index is 0.00155. The zero-order chi connectivity index (χ0) is 23.8. The summed E-state index contributed by atoms with van der Waals surface area (Å²) in [5.74, 6) is 0.694. The molecule has 5 rings (SSSR count). The molecule has 9 nitrogen and oxygen atoms in total. The number of benzene rings is 2. The van der Waals surface area contributed by atoms with Crippen molar-refractivity contribution in [1.29, 1.82) is 5.26 Å². The number of aromatic amines is 2. The van der Waals surface area contributed by atoms with Gasteiger partial charge in [-0.05, 0) is 47.4 Å². The number of carbonyl (C=O) groups excluding carboxylic acids is 1. The minimum atomic E-state index is -0.805. The smallest absolute Gasteiger partial charge is 0.240 e. The third-order valence-corrected chi connectivity index (χ3v) is 6.34. The number of hydrogen-bond acceptors (Lipinski definition) is 6. The van der Waals surface area contributed by atoms with Crippen molar-refractivity contribution in [2.24, 2.45) is 5.73 Å². The predicted molar refractivity (Wildman–Crippen MR) is 127 cm³/mol. The predicted octanol–water partition coefficient (Wildman–Crippen LogP) is 3.01. The fourth-order valence-corrected chi connectivity index (χ4v) is 4.54. The number of phenolic OH excluding ortho intramolecular Hbond substituents is 1. The van der Waals surface area contributed by atoms with Crippen LogP contribution in [0.25, 0.3) is 33.5 Å². The molecule has 0 aliphatic carbocycles. The van der Waals surface area contributed by atoms with E-state index in [1.807, 2.05) is 24.3 Å². The zero-order valence-electron chi connectivity index (χ0n) is 18.8. The van der Waals surface area contributed by atoms with Crippen LogP contribution in [-0.4, -0.2) is 48.7 Å². The van der Waals surface area contributed by atoms with Gasteiger partial charge in [0.2, 0.25) is 5.91 Å². The van der Waals surface area contributed by atoms with Gasteiger partial charge < -0.3 is 20.7 Å². The fraction of sp³-hybridized carbons (Fsp3) is 0.280. The normalized spacial score (nSPS) is 14.1. The highest BCUT2D eigenvalue weighted by molar-refractivity contribution is 5.94. The van der Waals surface area contributed by atoms with Crippen LogP contribution < -0.4 is 5.73 Å². The molecule has 9 heteroatoms. The van der Waals surface area contributed by atoms with E-state index in [9.17, 15) is 9.90 Å². The number of nitriles is 1. The summed E-state index contributed by atoms with van der Waals surface area (Å²) >= 11 is 0. The van der Waals surface area contributed by atoms with E-state index in [1.54, 1.807) is 17.0 Å². The average Bonchev–Trinajstić information content (AvgIpc) is 3.46. The Morgan fingerprint density at radius 2 is 2.18 bits per heavy atom. The van der Waals surface area contributed by atoms with Crippen LogP contribution in [0.5, 0.6) is 5.75 Å². The summed E-state index contributed by atoms with van der Waals surface area (Å²) in [5, 5.41) is 27.2. The maximum Gasteiger partial charge on any atom is 0.240 e. The van der Waals surface area contributed by atoms with E-state index < -0.39 is 6.04 Å². The molecule has 0 unspecified atom stereocenters. The summed E-state index contributed by atoms with van der Waals surface area (Å²) in [5.41, 5.74) is 12.4. The molecule has 1 amide bonds. The Balaban J connectivity index is 1.44. The second-order valence-electron chi connectivity index (χ2n) is 8.52. The van der Waals surface area contributed by atoms with Crippen LogP contribution in [0.1, 0.15) is 30.3 Å². The molecule has 0 saturated carbocycles. The number of phenols is 1. The fourth-order valence-electron chi connectivity index (χ4n) is 4.54. The number of imidazole rings is 1. The molecule has 1 atom stereocenters. The first-order chi connectivity index (χ1) is 16.5. The quantitative estimate of drug-likeness (QED) is 0.364. The number of carbonyl (C=O) groups is 1. The topological polar surface area (TPSA) is 148 Å². The maximum absolute atomic E-state index is 12.5. The number of nitrogens with one attached hydrogen (secondary N) is 2. The Kier molecular flexibility index (Phi) is 5.51. The zero-order valence-corrected chi connectivity index (χ0v) is 18.8. The number of rotatable bonds is 5. The van der Waals surface area contributed by atoms with Gasteiger partial charge in [0.15, 0.2) is 5.82 Å². The molecule has 1 aliphatic rings. The Hall–Kier alpha value is -4.16. The van der Waals surface area contributed by atoms with Crippen molar-refractivity contribution in [2.45, 2.75) is 38.8 Å². The largest absolute Gasteiger partial charge is 0.508 e. The Morgan fingerprint density at radius 3 is 2.97 bits per heavy atom. The van der Waals surface area contributed by atoms with Crippen molar-refractivity contribution in [1.82, 2.24) is 25.1 Å². The van der Waals surface area contributed by atoms with Crippen LogP contribution >= 0.6 is 0 Å². The molecule has 5 N–H and O–H groups in total.